The SMILES string of the molecule is CCS(=O)(=O)c1ccc(COC[C@H]2C[C@@H]2C2CCN(c3ncc(C)cn3)CC2)cc1. The van der Waals surface area contributed by atoms with Gasteiger partial charge >= 0.3 is 0 Å². The van der Waals surface area contributed by atoms with E-state index >= 15 is 0 Å². The number of aromatic nitrogens is 2. The Kier molecular flexibility index (Phi) is 6.39. The van der Waals surface area contributed by atoms with Crippen molar-refractivity contribution in [2.45, 2.75) is 44.6 Å². The van der Waals surface area contributed by atoms with E-state index in [1.54, 1.807) is 19.1 Å². The number of aryl methyl sites for hydroxylation is 1. The summed E-state index contributed by atoms with van der Waals surface area (Å²) >= 11 is 0. The van der Waals surface area contributed by atoms with Gasteiger partial charge in [0.15, 0.2) is 9.84 Å². The summed E-state index contributed by atoms with van der Waals surface area (Å²) in [6.45, 7) is 7.07. The maximum Gasteiger partial charge on any atom is 0.225 e. The molecule has 0 spiro atoms. The van der Waals surface area contributed by atoms with Crippen molar-refractivity contribution < 1.29 is 13.2 Å². The van der Waals surface area contributed by atoms with Crippen LogP contribution in [0.1, 0.15) is 37.3 Å². The van der Waals surface area contributed by atoms with E-state index in [1.165, 1.54) is 19.3 Å². The highest BCUT2D eigenvalue weighted by Crippen LogP contribution is 2.48. The fourth-order valence-corrected chi connectivity index (χ4v) is 5.29. The van der Waals surface area contributed by atoms with Crippen molar-refractivity contribution in [3.05, 3.63) is 47.8 Å². The zero-order chi connectivity index (χ0) is 21.1. The van der Waals surface area contributed by atoms with Crippen LogP contribution in [0.25, 0.3) is 0 Å². The first kappa shape index (κ1) is 21.2. The minimum absolute atomic E-state index is 0.128. The smallest absolute Gasteiger partial charge is 0.225 e. The first-order valence-electron chi connectivity index (χ1n) is 10.9. The van der Waals surface area contributed by atoms with Gasteiger partial charge in [0.25, 0.3) is 0 Å². The molecule has 4 rings (SSSR count). The van der Waals surface area contributed by atoms with E-state index in [4.69, 9.17) is 4.74 Å². The molecule has 2 aliphatic rings. The molecule has 2 heterocycles. The summed E-state index contributed by atoms with van der Waals surface area (Å²) in [5.74, 6) is 3.20. The summed E-state index contributed by atoms with van der Waals surface area (Å²) < 4.78 is 29.7. The van der Waals surface area contributed by atoms with Gasteiger partial charge in [-0.3, -0.25) is 0 Å². The minimum atomic E-state index is -3.13. The molecule has 0 amide bonds. The summed E-state index contributed by atoms with van der Waals surface area (Å²) in [5.41, 5.74) is 2.12. The Labute approximate surface area is 179 Å². The van der Waals surface area contributed by atoms with E-state index < -0.39 is 9.84 Å². The molecule has 7 heteroatoms. The van der Waals surface area contributed by atoms with Crippen molar-refractivity contribution in [1.82, 2.24) is 9.97 Å². The molecule has 1 saturated heterocycles. The molecule has 1 aliphatic heterocycles. The van der Waals surface area contributed by atoms with Crippen LogP contribution in [0.5, 0.6) is 0 Å². The van der Waals surface area contributed by atoms with Gasteiger partial charge < -0.3 is 9.64 Å². The molecule has 1 aromatic carbocycles. The van der Waals surface area contributed by atoms with E-state index in [0.29, 0.717) is 17.4 Å². The number of hydrogen-bond acceptors (Lipinski definition) is 6. The summed E-state index contributed by atoms with van der Waals surface area (Å²) in [7, 11) is -3.13. The molecule has 0 bridgehead atoms. The van der Waals surface area contributed by atoms with E-state index in [1.807, 2.05) is 31.5 Å². The Morgan fingerprint density at radius 3 is 2.40 bits per heavy atom. The van der Waals surface area contributed by atoms with Crippen LogP contribution in [0.3, 0.4) is 0 Å². The fourth-order valence-electron chi connectivity index (χ4n) is 4.40. The zero-order valence-corrected chi connectivity index (χ0v) is 18.6. The van der Waals surface area contributed by atoms with Crippen molar-refractivity contribution in [2.75, 3.05) is 30.3 Å². The van der Waals surface area contributed by atoms with Gasteiger partial charge in [0.2, 0.25) is 5.95 Å². The number of nitrogens with zero attached hydrogens (tertiary/aromatic N) is 3. The molecule has 6 nitrogen and oxygen atoms in total. The largest absolute Gasteiger partial charge is 0.376 e. The number of hydrogen-bond donors (Lipinski definition) is 0. The fraction of sp³-hybridized carbons (Fsp3) is 0.565. The van der Waals surface area contributed by atoms with Crippen LogP contribution in [-0.2, 0) is 21.2 Å². The third-order valence-corrected chi connectivity index (χ3v) is 8.19. The summed E-state index contributed by atoms with van der Waals surface area (Å²) in [4.78, 5) is 11.6. The molecule has 1 saturated carbocycles. The number of piperidine rings is 1. The van der Waals surface area contributed by atoms with Gasteiger partial charge in [0.05, 0.1) is 23.9 Å². The van der Waals surface area contributed by atoms with Crippen molar-refractivity contribution >= 4 is 15.8 Å². The van der Waals surface area contributed by atoms with Gasteiger partial charge in [-0.2, -0.15) is 0 Å². The number of benzene rings is 1. The van der Waals surface area contributed by atoms with Crippen LogP contribution in [0.2, 0.25) is 0 Å². The summed E-state index contributed by atoms with van der Waals surface area (Å²) in [6, 6.07) is 7.08. The summed E-state index contributed by atoms with van der Waals surface area (Å²) in [5, 5.41) is 0. The average Bonchev–Trinajstić information content (AvgIpc) is 3.54. The Balaban J connectivity index is 1.18. The lowest BCUT2D eigenvalue weighted by Gasteiger charge is -2.32. The van der Waals surface area contributed by atoms with Gasteiger partial charge in [-0.15, -0.1) is 0 Å². The van der Waals surface area contributed by atoms with Gasteiger partial charge in [-0.05, 0) is 67.2 Å². The van der Waals surface area contributed by atoms with Crippen molar-refractivity contribution in [2.24, 2.45) is 17.8 Å². The average molecular weight is 430 g/mol. The second-order valence-electron chi connectivity index (χ2n) is 8.61. The first-order chi connectivity index (χ1) is 14.5. The predicted molar refractivity (Wildman–Crippen MR) is 117 cm³/mol. The van der Waals surface area contributed by atoms with Crippen LogP contribution in [0.4, 0.5) is 5.95 Å². The van der Waals surface area contributed by atoms with E-state index in [2.05, 4.69) is 14.9 Å². The Hall–Kier alpha value is -1.99. The summed E-state index contributed by atoms with van der Waals surface area (Å²) in [6.07, 6.45) is 7.44. The van der Waals surface area contributed by atoms with Crippen molar-refractivity contribution in [3.63, 3.8) is 0 Å². The third kappa shape index (κ3) is 5.01. The maximum atomic E-state index is 11.9. The van der Waals surface area contributed by atoms with Crippen LogP contribution in [-0.4, -0.2) is 43.8 Å². The molecule has 162 valence electrons. The van der Waals surface area contributed by atoms with Crippen LogP contribution < -0.4 is 4.90 Å². The monoisotopic (exact) mass is 429 g/mol. The molecule has 1 aromatic heterocycles. The molecular weight excluding hydrogens is 398 g/mol. The standard InChI is InChI=1S/C23H31N3O3S/c1-3-30(27,28)21-6-4-18(5-7-21)15-29-16-20-12-22(20)19-8-10-26(11-9-19)23-24-13-17(2)14-25-23/h4-7,13-14,19-20,22H,3,8-12,15-16H2,1-2H3/t20-,22-/m1/s1. The number of anilines is 1. The first-order valence-corrected chi connectivity index (χ1v) is 12.5. The highest BCUT2D eigenvalue weighted by molar-refractivity contribution is 7.91. The Morgan fingerprint density at radius 1 is 1.10 bits per heavy atom. The Bertz CT molecular complexity index is 937. The number of ether oxygens (including phenoxy) is 1. The number of rotatable bonds is 8. The van der Waals surface area contributed by atoms with Gasteiger partial charge in [0, 0.05) is 25.5 Å². The lowest BCUT2D eigenvalue weighted by molar-refractivity contribution is 0.104. The molecule has 1 aliphatic carbocycles. The normalized spacial score (nSPS) is 22.3. The predicted octanol–water partition coefficient (Wildman–Crippen LogP) is 3.65. The highest BCUT2D eigenvalue weighted by Gasteiger charge is 2.43. The van der Waals surface area contributed by atoms with Gasteiger partial charge in [0.1, 0.15) is 0 Å². The quantitative estimate of drug-likeness (QED) is 0.638. The van der Waals surface area contributed by atoms with Crippen LogP contribution in [0, 0.1) is 24.7 Å². The van der Waals surface area contributed by atoms with Crippen LogP contribution >= 0.6 is 0 Å². The molecular formula is C23H31N3O3S. The molecule has 0 unspecified atom stereocenters. The van der Waals surface area contributed by atoms with Crippen molar-refractivity contribution in [3.8, 4) is 0 Å². The van der Waals surface area contributed by atoms with E-state index in [-0.39, 0.29) is 5.75 Å². The molecule has 2 atom stereocenters. The zero-order valence-electron chi connectivity index (χ0n) is 17.8. The molecule has 2 aromatic rings. The minimum Gasteiger partial charge on any atom is -0.376 e. The lowest BCUT2D eigenvalue weighted by atomic mass is 9.91. The molecule has 30 heavy (non-hydrogen) atoms. The van der Waals surface area contributed by atoms with Gasteiger partial charge in [-0.25, -0.2) is 18.4 Å². The van der Waals surface area contributed by atoms with E-state index in [9.17, 15) is 8.42 Å². The van der Waals surface area contributed by atoms with Crippen molar-refractivity contribution in [1.29, 1.82) is 0 Å². The number of sulfone groups is 1. The second-order valence-corrected chi connectivity index (χ2v) is 10.9. The topological polar surface area (TPSA) is 72.4 Å². The highest BCUT2D eigenvalue weighted by atomic mass is 32.2. The molecule has 0 N–H and O–H groups in total. The lowest BCUT2D eigenvalue weighted by Crippen LogP contribution is -2.35. The van der Waals surface area contributed by atoms with E-state index in [0.717, 1.165) is 48.6 Å². The maximum absolute atomic E-state index is 11.9. The third-order valence-electron chi connectivity index (χ3n) is 6.44. The Morgan fingerprint density at radius 2 is 1.77 bits per heavy atom. The van der Waals surface area contributed by atoms with Gasteiger partial charge in [-0.1, -0.05) is 19.1 Å². The molecule has 2 fully saturated rings. The van der Waals surface area contributed by atoms with Crippen LogP contribution in [0.15, 0.2) is 41.6 Å². The molecule has 0 radical (unpaired) electrons. The second kappa shape index (κ2) is 9.02.